The molecule has 0 radical (unpaired) electrons. The summed E-state index contributed by atoms with van der Waals surface area (Å²) >= 11 is 5.88. The van der Waals surface area contributed by atoms with Crippen LogP contribution in [0, 0.1) is 0 Å². The van der Waals surface area contributed by atoms with E-state index in [2.05, 4.69) is 5.10 Å². The maximum absolute atomic E-state index is 11.6. The summed E-state index contributed by atoms with van der Waals surface area (Å²) in [6.45, 7) is 1.67. The molecule has 1 aliphatic rings. The molecule has 0 aliphatic carbocycles. The number of amides is 1. The van der Waals surface area contributed by atoms with Crippen molar-refractivity contribution in [3.8, 4) is 0 Å². The molecule has 1 heterocycles. The molecule has 1 aromatic rings. The van der Waals surface area contributed by atoms with Crippen molar-refractivity contribution in [1.29, 1.82) is 0 Å². The first-order valence-electron chi connectivity index (χ1n) is 4.91. The zero-order valence-electron chi connectivity index (χ0n) is 10.3. The molecule has 0 unspecified atom stereocenters. The van der Waals surface area contributed by atoms with E-state index in [0.717, 1.165) is 17.1 Å². The van der Waals surface area contributed by atoms with Crippen LogP contribution in [-0.4, -0.2) is 24.6 Å². The van der Waals surface area contributed by atoms with E-state index in [0.29, 0.717) is 5.71 Å². The van der Waals surface area contributed by atoms with Gasteiger partial charge in [0.2, 0.25) is 0 Å². The predicted molar refractivity (Wildman–Crippen MR) is 64.6 cm³/mol. The molecule has 2 rings (SSSR count). The van der Waals surface area contributed by atoms with Gasteiger partial charge in [0, 0.05) is 5.71 Å². The van der Waals surface area contributed by atoms with Gasteiger partial charge >= 0.3 is 29.6 Å². The molecule has 1 aliphatic heterocycles. The number of rotatable bonds is 2. The van der Waals surface area contributed by atoms with Crippen LogP contribution in [0.5, 0.6) is 0 Å². The molecule has 0 bridgehead atoms. The van der Waals surface area contributed by atoms with Crippen molar-refractivity contribution in [1.82, 2.24) is 0 Å². The molecule has 1 aromatic carbocycles. The van der Waals surface area contributed by atoms with Gasteiger partial charge in [-0.25, -0.2) is 8.42 Å². The van der Waals surface area contributed by atoms with Gasteiger partial charge in [0.25, 0.3) is 5.91 Å². The SMILES string of the molecule is CC1=NN(c2cc(S(=O)(=O)[O-])ccc2Cl)C(=O)C1.[Na+]. The Bertz CT molecular complexity index is 659. The van der Waals surface area contributed by atoms with Gasteiger partial charge in [-0.3, -0.25) is 4.79 Å². The summed E-state index contributed by atoms with van der Waals surface area (Å²) in [6, 6.07) is 3.38. The van der Waals surface area contributed by atoms with E-state index in [1.165, 1.54) is 6.07 Å². The van der Waals surface area contributed by atoms with E-state index in [4.69, 9.17) is 11.6 Å². The summed E-state index contributed by atoms with van der Waals surface area (Å²) in [4.78, 5) is 11.2. The van der Waals surface area contributed by atoms with Crippen LogP contribution in [0.2, 0.25) is 5.02 Å². The van der Waals surface area contributed by atoms with Gasteiger partial charge in [0.1, 0.15) is 10.1 Å². The number of halogens is 1. The molecule has 0 spiro atoms. The third kappa shape index (κ3) is 3.56. The summed E-state index contributed by atoms with van der Waals surface area (Å²) in [5, 5.41) is 5.10. The first-order chi connectivity index (χ1) is 8.29. The zero-order chi connectivity index (χ0) is 13.5. The Morgan fingerprint density at radius 1 is 1.42 bits per heavy atom. The minimum absolute atomic E-state index is 0. The number of anilines is 1. The fourth-order valence-electron chi connectivity index (χ4n) is 1.55. The molecule has 6 nitrogen and oxygen atoms in total. The average Bonchev–Trinajstić information content (AvgIpc) is 2.56. The molecule has 0 atom stereocenters. The van der Waals surface area contributed by atoms with Crippen molar-refractivity contribution in [2.45, 2.75) is 18.2 Å². The quantitative estimate of drug-likeness (QED) is 0.484. The molecule has 1 amide bonds. The smallest absolute Gasteiger partial charge is 0.744 e. The molecule has 0 N–H and O–H groups in total. The van der Waals surface area contributed by atoms with E-state index in [1.807, 2.05) is 0 Å². The Hall–Kier alpha value is -0.440. The van der Waals surface area contributed by atoms with Gasteiger partial charge in [-0.15, -0.1) is 0 Å². The number of carbonyl (C=O) groups excluding carboxylic acids is 1. The van der Waals surface area contributed by atoms with Crippen LogP contribution in [-0.2, 0) is 14.9 Å². The summed E-state index contributed by atoms with van der Waals surface area (Å²) < 4.78 is 32.8. The van der Waals surface area contributed by atoms with Crippen LogP contribution in [0.15, 0.2) is 28.2 Å². The van der Waals surface area contributed by atoms with Crippen molar-refractivity contribution in [2.75, 3.05) is 5.01 Å². The maximum atomic E-state index is 11.6. The van der Waals surface area contributed by atoms with Crippen LogP contribution in [0.3, 0.4) is 0 Å². The van der Waals surface area contributed by atoms with E-state index in [1.54, 1.807) is 6.92 Å². The number of hydrogen-bond donors (Lipinski definition) is 0. The van der Waals surface area contributed by atoms with E-state index in [-0.39, 0.29) is 52.6 Å². The number of nitrogens with zero attached hydrogens (tertiary/aromatic N) is 2. The van der Waals surface area contributed by atoms with Crippen molar-refractivity contribution in [3.63, 3.8) is 0 Å². The van der Waals surface area contributed by atoms with E-state index in [9.17, 15) is 17.8 Å². The second-order valence-electron chi connectivity index (χ2n) is 3.78. The largest absolute Gasteiger partial charge is 1.00 e. The molecule has 0 fully saturated rings. The van der Waals surface area contributed by atoms with E-state index >= 15 is 0 Å². The Morgan fingerprint density at radius 3 is 2.53 bits per heavy atom. The Labute approximate surface area is 137 Å². The monoisotopic (exact) mass is 310 g/mol. The molecule has 0 saturated carbocycles. The zero-order valence-corrected chi connectivity index (χ0v) is 13.8. The number of benzene rings is 1. The van der Waals surface area contributed by atoms with Crippen LogP contribution in [0.25, 0.3) is 0 Å². The van der Waals surface area contributed by atoms with Gasteiger partial charge in [-0.1, -0.05) is 11.6 Å². The first kappa shape index (κ1) is 16.6. The van der Waals surface area contributed by atoms with Gasteiger partial charge < -0.3 is 4.55 Å². The summed E-state index contributed by atoms with van der Waals surface area (Å²) in [6.07, 6.45) is 0.144. The van der Waals surface area contributed by atoms with Crippen molar-refractivity contribution < 1.29 is 47.3 Å². The molecular formula is C10H8ClN2NaO4S. The summed E-state index contributed by atoms with van der Waals surface area (Å²) in [5.74, 6) is -0.324. The molecule has 0 aromatic heterocycles. The third-order valence-electron chi connectivity index (χ3n) is 2.35. The van der Waals surface area contributed by atoms with Crippen LogP contribution < -0.4 is 34.6 Å². The van der Waals surface area contributed by atoms with Crippen molar-refractivity contribution >= 4 is 39.0 Å². The summed E-state index contributed by atoms with van der Waals surface area (Å²) in [5.41, 5.74) is 0.682. The second kappa shape index (κ2) is 5.90. The molecule has 9 heteroatoms. The molecule has 0 saturated heterocycles. The first-order valence-corrected chi connectivity index (χ1v) is 6.70. The number of hydrazone groups is 1. The van der Waals surface area contributed by atoms with Crippen LogP contribution >= 0.6 is 11.6 Å². The van der Waals surface area contributed by atoms with Crippen LogP contribution in [0.4, 0.5) is 5.69 Å². The maximum Gasteiger partial charge on any atom is 1.00 e. The van der Waals surface area contributed by atoms with Crippen molar-refractivity contribution in [3.05, 3.63) is 23.2 Å². The van der Waals surface area contributed by atoms with Crippen LogP contribution in [0.1, 0.15) is 13.3 Å². The average molecular weight is 311 g/mol. The van der Waals surface area contributed by atoms with E-state index < -0.39 is 15.0 Å². The fourth-order valence-corrected chi connectivity index (χ4v) is 2.24. The molecular weight excluding hydrogens is 303 g/mol. The summed E-state index contributed by atoms with van der Waals surface area (Å²) in [7, 11) is -4.60. The van der Waals surface area contributed by atoms with Gasteiger partial charge in [0.05, 0.1) is 22.0 Å². The molecule has 96 valence electrons. The minimum atomic E-state index is -4.60. The normalized spacial score (nSPS) is 15.2. The Balaban J connectivity index is 0.00000180. The predicted octanol–water partition coefficient (Wildman–Crippen LogP) is -1.64. The topological polar surface area (TPSA) is 89.9 Å². The molecule has 19 heavy (non-hydrogen) atoms. The third-order valence-corrected chi connectivity index (χ3v) is 3.50. The second-order valence-corrected chi connectivity index (χ2v) is 5.57. The van der Waals surface area contributed by atoms with Gasteiger partial charge in [0.15, 0.2) is 0 Å². The van der Waals surface area contributed by atoms with Crippen molar-refractivity contribution in [2.24, 2.45) is 5.10 Å². The Morgan fingerprint density at radius 2 is 2.05 bits per heavy atom. The number of hydrogen-bond acceptors (Lipinski definition) is 5. The van der Waals surface area contributed by atoms with Gasteiger partial charge in [-0.2, -0.15) is 10.1 Å². The Kier molecular flexibility index (Phi) is 5.16. The van der Waals surface area contributed by atoms with Gasteiger partial charge in [-0.05, 0) is 25.1 Å². The fraction of sp³-hybridized carbons (Fsp3) is 0.200. The number of carbonyl (C=O) groups is 1. The minimum Gasteiger partial charge on any atom is -0.744 e. The standard InChI is InChI=1S/C10H9ClN2O4S.Na/c1-6-4-10(14)13(12-6)9-5-7(18(15,16)17)2-3-8(9)11;/h2-3,5H,4H2,1H3,(H,15,16,17);/q;+1/p-1.